The van der Waals surface area contributed by atoms with Crippen molar-refractivity contribution in [3.05, 3.63) is 48.0 Å². The Balaban J connectivity index is 3.01. The first kappa shape index (κ1) is 11.0. The summed E-state index contributed by atoms with van der Waals surface area (Å²) in [4.78, 5) is 0. The molecule has 0 aliphatic heterocycles. The van der Waals surface area contributed by atoms with Crippen LogP contribution < -0.4 is 0 Å². The SMILES string of the molecule is C/C=C/C(c1ccccc1)C(C)(C)C. The number of hydrogen-bond donors (Lipinski definition) is 0. The average molecular weight is 188 g/mol. The van der Waals surface area contributed by atoms with Crippen molar-refractivity contribution in [1.29, 1.82) is 0 Å². The van der Waals surface area contributed by atoms with E-state index in [2.05, 4.69) is 70.2 Å². The summed E-state index contributed by atoms with van der Waals surface area (Å²) in [5, 5.41) is 0. The summed E-state index contributed by atoms with van der Waals surface area (Å²) in [5.74, 6) is 0.508. The van der Waals surface area contributed by atoms with Crippen molar-refractivity contribution < 1.29 is 0 Å². The fraction of sp³-hybridized carbons (Fsp3) is 0.429. The lowest BCUT2D eigenvalue weighted by Crippen LogP contribution is -2.16. The molecule has 0 N–H and O–H groups in total. The van der Waals surface area contributed by atoms with E-state index in [0.29, 0.717) is 5.92 Å². The molecule has 0 saturated carbocycles. The Morgan fingerprint density at radius 3 is 2.07 bits per heavy atom. The van der Waals surface area contributed by atoms with Crippen molar-refractivity contribution in [2.45, 2.75) is 33.6 Å². The van der Waals surface area contributed by atoms with E-state index in [0.717, 1.165) is 0 Å². The second-order valence-corrected chi connectivity index (χ2v) is 4.78. The maximum Gasteiger partial charge on any atom is 0.00664 e. The first-order valence-electron chi connectivity index (χ1n) is 5.23. The fourth-order valence-electron chi connectivity index (χ4n) is 1.75. The highest BCUT2D eigenvalue weighted by atomic mass is 14.3. The van der Waals surface area contributed by atoms with Gasteiger partial charge in [0.25, 0.3) is 0 Å². The highest BCUT2D eigenvalue weighted by Crippen LogP contribution is 2.35. The van der Waals surface area contributed by atoms with Gasteiger partial charge < -0.3 is 0 Å². The van der Waals surface area contributed by atoms with Gasteiger partial charge >= 0.3 is 0 Å². The number of allylic oxidation sites excluding steroid dienone is 2. The molecule has 14 heavy (non-hydrogen) atoms. The number of benzene rings is 1. The zero-order valence-corrected chi connectivity index (χ0v) is 9.62. The lowest BCUT2D eigenvalue weighted by atomic mass is 9.76. The van der Waals surface area contributed by atoms with Crippen molar-refractivity contribution in [2.75, 3.05) is 0 Å². The van der Waals surface area contributed by atoms with Crippen LogP contribution in [0.4, 0.5) is 0 Å². The molecule has 1 rings (SSSR count). The first-order chi connectivity index (χ1) is 6.55. The molecule has 0 bridgehead atoms. The molecule has 0 nitrogen and oxygen atoms in total. The first-order valence-corrected chi connectivity index (χ1v) is 5.23. The Morgan fingerprint density at radius 2 is 1.64 bits per heavy atom. The topological polar surface area (TPSA) is 0 Å². The normalized spacial score (nSPS) is 14.6. The van der Waals surface area contributed by atoms with Crippen molar-refractivity contribution >= 4 is 0 Å². The molecule has 1 unspecified atom stereocenters. The smallest absolute Gasteiger partial charge is 0.00664 e. The molecule has 1 atom stereocenters. The van der Waals surface area contributed by atoms with Crippen LogP contribution in [0.5, 0.6) is 0 Å². The molecule has 0 heteroatoms. The van der Waals surface area contributed by atoms with E-state index in [1.165, 1.54) is 5.56 Å². The molecule has 76 valence electrons. The van der Waals surface area contributed by atoms with Gasteiger partial charge in [0.05, 0.1) is 0 Å². The van der Waals surface area contributed by atoms with Gasteiger partial charge in [-0.25, -0.2) is 0 Å². The molecule has 1 aromatic rings. The van der Waals surface area contributed by atoms with E-state index >= 15 is 0 Å². The third-order valence-electron chi connectivity index (χ3n) is 2.48. The Kier molecular flexibility index (Phi) is 3.51. The highest BCUT2D eigenvalue weighted by molar-refractivity contribution is 5.25. The Bertz CT molecular complexity index is 288. The summed E-state index contributed by atoms with van der Waals surface area (Å²) in [7, 11) is 0. The van der Waals surface area contributed by atoms with Crippen LogP contribution in [-0.4, -0.2) is 0 Å². The van der Waals surface area contributed by atoms with E-state index in [9.17, 15) is 0 Å². The average Bonchev–Trinajstić information content (AvgIpc) is 2.14. The summed E-state index contributed by atoms with van der Waals surface area (Å²) in [6.45, 7) is 8.93. The zero-order valence-electron chi connectivity index (χ0n) is 9.62. The second-order valence-electron chi connectivity index (χ2n) is 4.78. The highest BCUT2D eigenvalue weighted by Gasteiger charge is 2.22. The molecule has 0 spiro atoms. The van der Waals surface area contributed by atoms with Crippen LogP contribution >= 0.6 is 0 Å². The molecular weight excluding hydrogens is 168 g/mol. The lowest BCUT2D eigenvalue weighted by molar-refractivity contribution is 0.366. The fourth-order valence-corrected chi connectivity index (χ4v) is 1.75. The Morgan fingerprint density at radius 1 is 1.07 bits per heavy atom. The largest absolute Gasteiger partial charge is 0.0910 e. The molecule has 0 radical (unpaired) electrons. The minimum Gasteiger partial charge on any atom is -0.0910 e. The van der Waals surface area contributed by atoms with Crippen molar-refractivity contribution in [3.63, 3.8) is 0 Å². The molecule has 1 aromatic carbocycles. The predicted octanol–water partition coefficient (Wildman–Crippen LogP) is 4.39. The van der Waals surface area contributed by atoms with Crippen LogP contribution in [0, 0.1) is 5.41 Å². The maximum absolute atomic E-state index is 2.29. The quantitative estimate of drug-likeness (QED) is 0.604. The third kappa shape index (κ3) is 2.73. The van der Waals surface area contributed by atoms with Gasteiger partial charge in [-0.15, -0.1) is 0 Å². The summed E-state index contributed by atoms with van der Waals surface area (Å²) in [5.41, 5.74) is 1.69. The lowest BCUT2D eigenvalue weighted by Gasteiger charge is -2.28. The van der Waals surface area contributed by atoms with Crippen LogP contribution in [0.2, 0.25) is 0 Å². The van der Waals surface area contributed by atoms with Gasteiger partial charge in [0.2, 0.25) is 0 Å². The van der Waals surface area contributed by atoms with Gasteiger partial charge in [-0.3, -0.25) is 0 Å². The second kappa shape index (κ2) is 4.45. The van der Waals surface area contributed by atoms with Crippen LogP contribution in [0.1, 0.15) is 39.2 Å². The molecule has 0 amide bonds. The minimum absolute atomic E-state index is 0.286. The van der Waals surface area contributed by atoms with Crippen molar-refractivity contribution in [2.24, 2.45) is 5.41 Å². The standard InChI is InChI=1S/C14H20/c1-5-9-13(14(2,3)4)12-10-7-6-8-11-12/h5-11,13H,1-4H3/b9-5+. The predicted molar refractivity (Wildman–Crippen MR) is 63.5 cm³/mol. The van der Waals surface area contributed by atoms with Crippen LogP contribution in [0.15, 0.2) is 42.5 Å². The van der Waals surface area contributed by atoms with Crippen LogP contribution in [0.25, 0.3) is 0 Å². The molecule has 0 aliphatic carbocycles. The summed E-state index contributed by atoms with van der Waals surface area (Å²) < 4.78 is 0. The minimum atomic E-state index is 0.286. The molecular formula is C14H20. The van der Waals surface area contributed by atoms with Gasteiger partial charge in [0.15, 0.2) is 0 Å². The van der Waals surface area contributed by atoms with Crippen molar-refractivity contribution in [1.82, 2.24) is 0 Å². The molecule has 0 saturated heterocycles. The number of hydrogen-bond acceptors (Lipinski definition) is 0. The molecule has 0 aromatic heterocycles. The van der Waals surface area contributed by atoms with Gasteiger partial charge in [-0.2, -0.15) is 0 Å². The summed E-state index contributed by atoms with van der Waals surface area (Å²) in [6, 6.07) is 10.7. The van der Waals surface area contributed by atoms with Gasteiger partial charge in [0, 0.05) is 5.92 Å². The van der Waals surface area contributed by atoms with Crippen LogP contribution in [-0.2, 0) is 0 Å². The van der Waals surface area contributed by atoms with E-state index < -0.39 is 0 Å². The Hall–Kier alpha value is -1.04. The molecule has 0 aliphatic rings. The van der Waals surface area contributed by atoms with E-state index in [1.807, 2.05) is 0 Å². The zero-order chi connectivity index (χ0) is 10.6. The summed E-state index contributed by atoms with van der Waals surface area (Å²) in [6.07, 6.45) is 4.43. The third-order valence-corrected chi connectivity index (χ3v) is 2.48. The van der Waals surface area contributed by atoms with Gasteiger partial charge in [0.1, 0.15) is 0 Å². The van der Waals surface area contributed by atoms with E-state index in [4.69, 9.17) is 0 Å². The van der Waals surface area contributed by atoms with Gasteiger partial charge in [-0.05, 0) is 17.9 Å². The van der Waals surface area contributed by atoms with E-state index in [-0.39, 0.29) is 5.41 Å². The van der Waals surface area contributed by atoms with E-state index in [1.54, 1.807) is 0 Å². The monoisotopic (exact) mass is 188 g/mol. The van der Waals surface area contributed by atoms with Gasteiger partial charge in [-0.1, -0.05) is 63.3 Å². The van der Waals surface area contributed by atoms with Crippen molar-refractivity contribution in [3.8, 4) is 0 Å². The summed E-state index contributed by atoms with van der Waals surface area (Å²) >= 11 is 0. The van der Waals surface area contributed by atoms with Crippen LogP contribution in [0.3, 0.4) is 0 Å². The number of rotatable bonds is 2. The molecule has 0 heterocycles. The Labute approximate surface area is 87.7 Å². The molecule has 0 fully saturated rings. The maximum atomic E-state index is 2.29.